The van der Waals surface area contributed by atoms with Gasteiger partial charge in [0, 0.05) is 0 Å². The summed E-state index contributed by atoms with van der Waals surface area (Å²) in [6.45, 7) is 1.22. The molecule has 0 aliphatic rings. The molecule has 112 valence electrons. The lowest BCUT2D eigenvalue weighted by Gasteiger charge is -2.12. The Morgan fingerprint density at radius 2 is 1.90 bits per heavy atom. The third kappa shape index (κ3) is 4.33. The molecular weight excluding hydrogens is 294 g/mol. The average molecular weight is 309 g/mol. The lowest BCUT2D eigenvalue weighted by Crippen LogP contribution is -2.38. The molecule has 0 saturated carbocycles. The van der Waals surface area contributed by atoms with Gasteiger partial charge in [0.15, 0.2) is 9.84 Å². The molecule has 0 fully saturated rings. The molecule has 0 heterocycles. The van der Waals surface area contributed by atoms with Crippen molar-refractivity contribution < 1.29 is 23.1 Å². The van der Waals surface area contributed by atoms with E-state index in [1.807, 2.05) is 0 Å². The first kappa shape index (κ1) is 16.7. The Hall–Kier alpha value is -2.33. The number of terminal acetylenes is 1. The van der Waals surface area contributed by atoms with Crippen LogP contribution in [0.1, 0.15) is 12.5 Å². The second-order valence-corrected chi connectivity index (χ2v) is 6.59. The number of amides is 1. The van der Waals surface area contributed by atoms with E-state index in [9.17, 15) is 18.0 Å². The quantitative estimate of drug-likeness (QED) is 0.732. The van der Waals surface area contributed by atoms with Gasteiger partial charge in [0.2, 0.25) is 5.91 Å². The van der Waals surface area contributed by atoms with E-state index >= 15 is 0 Å². The number of benzene rings is 1. The van der Waals surface area contributed by atoms with E-state index in [4.69, 9.17) is 11.5 Å². The van der Waals surface area contributed by atoms with Gasteiger partial charge in [-0.2, -0.15) is 0 Å². The Kier molecular flexibility index (Phi) is 5.50. The molecule has 0 aromatic heterocycles. The van der Waals surface area contributed by atoms with Crippen LogP contribution in [0.25, 0.3) is 0 Å². The molecule has 0 bridgehead atoms. The van der Waals surface area contributed by atoms with Crippen molar-refractivity contribution in [3.63, 3.8) is 0 Å². The second kappa shape index (κ2) is 6.90. The molecule has 0 saturated heterocycles. The molecule has 1 unspecified atom stereocenters. The summed E-state index contributed by atoms with van der Waals surface area (Å²) in [5, 5.41) is 9.68. The molecule has 1 amide bonds. The van der Waals surface area contributed by atoms with Gasteiger partial charge in [0.1, 0.15) is 5.25 Å². The van der Waals surface area contributed by atoms with Crippen molar-refractivity contribution in [1.29, 1.82) is 0 Å². The molecule has 0 radical (unpaired) electrons. The summed E-state index contributed by atoms with van der Waals surface area (Å²) < 4.78 is 24.5. The molecule has 1 rings (SSSR count). The summed E-state index contributed by atoms with van der Waals surface area (Å²) in [7, 11) is -3.84. The molecule has 0 aliphatic carbocycles. The largest absolute Gasteiger partial charge is 0.481 e. The number of aliphatic carboxylic acids is 1. The first-order valence-corrected chi connectivity index (χ1v) is 7.59. The third-order valence-electron chi connectivity index (χ3n) is 2.81. The van der Waals surface area contributed by atoms with Crippen LogP contribution in [0.3, 0.4) is 0 Å². The van der Waals surface area contributed by atoms with Crippen LogP contribution < -0.4 is 5.32 Å². The van der Waals surface area contributed by atoms with Crippen molar-refractivity contribution >= 4 is 21.7 Å². The third-order valence-corrected chi connectivity index (χ3v) is 4.88. The van der Waals surface area contributed by atoms with E-state index in [2.05, 4.69) is 11.2 Å². The normalized spacial score (nSPS) is 12.2. The number of rotatable bonds is 6. The number of hydrogen-bond acceptors (Lipinski definition) is 4. The number of carbonyl (C=O) groups excluding carboxylic acids is 1. The summed E-state index contributed by atoms with van der Waals surface area (Å²) in [6, 6.07) is 5.40. The van der Waals surface area contributed by atoms with E-state index in [0.29, 0.717) is 5.56 Å². The zero-order valence-electron chi connectivity index (χ0n) is 11.4. The first-order valence-electron chi connectivity index (χ1n) is 6.05. The van der Waals surface area contributed by atoms with Gasteiger partial charge >= 0.3 is 5.97 Å². The van der Waals surface area contributed by atoms with Crippen LogP contribution in [0.2, 0.25) is 0 Å². The van der Waals surface area contributed by atoms with Gasteiger partial charge in [-0.3, -0.25) is 9.59 Å². The van der Waals surface area contributed by atoms with Crippen LogP contribution in [0.5, 0.6) is 0 Å². The average Bonchev–Trinajstić information content (AvgIpc) is 2.43. The number of nitrogens with one attached hydrogen (secondary N) is 1. The van der Waals surface area contributed by atoms with Gasteiger partial charge < -0.3 is 10.4 Å². The smallest absolute Gasteiger partial charge is 0.307 e. The van der Waals surface area contributed by atoms with Crippen molar-refractivity contribution in [2.45, 2.75) is 23.5 Å². The van der Waals surface area contributed by atoms with Crippen LogP contribution in [0.4, 0.5) is 0 Å². The first-order chi connectivity index (χ1) is 9.78. The summed E-state index contributed by atoms with van der Waals surface area (Å²) in [5.74, 6) is 0.503. The van der Waals surface area contributed by atoms with Crippen molar-refractivity contribution in [2.24, 2.45) is 0 Å². The highest BCUT2D eigenvalue weighted by molar-refractivity contribution is 7.92. The molecule has 1 aromatic rings. The number of sulfone groups is 1. The van der Waals surface area contributed by atoms with E-state index in [-0.39, 0.29) is 17.9 Å². The summed E-state index contributed by atoms with van der Waals surface area (Å²) in [4.78, 5) is 22.2. The van der Waals surface area contributed by atoms with Crippen molar-refractivity contribution in [2.75, 3.05) is 6.54 Å². The maximum Gasteiger partial charge on any atom is 0.307 e. The van der Waals surface area contributed by atoms with E-state index in [1.54, 1.807) is 0 Å². The Labute approximate surface area is 123 Å². The Morgan fingerprint density at radius 3 is 2.38 bits per heavy atom. The van der Waals surface area contributed by atoms with E-state index in [1.165, 1.54) is 31.2 Å². The maximum absolute atomic E-state index is 12.2. The Morgan fingerprint density at radius 1 is 1.33 bits per heavy atom. The molecule has 2 N–H and O–H groups in total. The molecule has 21 heavy (non-hydrogen) atoms. The van der Waals surface area contributed by atoms with Gasteiger partial charge in [-0.1, -0.05) is 18.1 Å². The number of carbonyl (C=O) groups is 2. The second-order valence-electron chi connectivity index (χ2n) is 4.32. The highest BCUT2D eigenvalue weighted by Crippen LogP contribution is 2.17. The van der Waals surface area contributed by atoms with Crippen LogP contribution in [0.15, 0.2) is 29.2 Å². The topological polar surface area (TPSA) is 101 Å². The van der Waals surface area contributed by atoms with Gasteiger partial charge in [0.25, 0.3) is 0 Å². The molecule has 0 aliphatic heterocycles. The minimum atomic E-state index is -3.84. The molecule has 1 atom stereocenters. The molecule has 1 aromatic carbocycles. The van der Waals surface area contributed by atoms with E-state index < -0.39 is 27.0 Å². The van der Waals surface area contributed by atoms with Gasteiger partial charge in [-0.15, -0.1) is 6.42 Å². The fourth-order valence-electron chi connectivity index (χ4n) is 1.60. The van der Waals surface area contributed by atoms with Crippen molar-refractivity contribution in [1.82, 2.24) is 5.32 Å². The predicted octanol–water partition coefficient (Wildman–Crippen LogP) is 0.225. The molecular formula is C14H15NO5S. The van der Waals surface area contributed by atoms with Crippen LogP contribution >= 0.6 is 0 Å². The van der Waals surface area contributed by atoms with Crippen molar-refractivity contribution in [3.05, 3.63) is 29.8 Å². The monoisotopic (exact) mass is 309 g/mol. The van der Waals surface area contributed by atoms with E-state index in [0.717, 1.165) is 0 Å². The fourth-order valence-corrected chi connectivity index (χ4v) is 2.89. The standard InChI is InChI=1S/C14H15NO5S/c1-3-8-15-14(18)10(2)21(19,20)12-6-4-11(5-7-12)9-13(16)17/h1,4-7,10H,8-9H2,2H3,(H,15,18)(H,16,17). The zero-order chi connectivity index (χ0) is 16.0. The van der Waals surface area contributed by atoms with Gasteiger partial charge in [-0.05, 0) is 24.6 Å². The SMILES string of the molecule is C#CCNC(=O)C(C)S(=O)(=O)c1ccc(CC(=O)O)cc1. The van der Waals surface area contributed by atoms with Crippen LogP contribution in [-0.2, 0) is 25.8 Å². The number of hydrogen-bond donors (Lipinski definition) is 2. The summed E-state index contributed by atoms with van der Waals surface area (Å²) in [6.07, 6.45) is 4.80. The minimum Gasteiger partial charge on any atom is -0.481 e. The lowest BCUT2D eigenvalue weighted by atomic mass is 10.2. The van der Waals surface area contributed by atoms with Gasteiger partial charge in [-0.25, -0.2) is 8.42 Å². The maximum atomic E-state index is 12.2. The Balaban J connectivity index is 2.95. The number of carboxylic acids is 1. The molecule has 6 nitrogen and oxygen atoms in total. The summed E-state index contributed by atoms with van der Waals surface area (Å²) in [5.41, 5.74) is 0.478. The Bertz CT molecular complexity index is 670. The minimum absolute atomic E-state index is 0.0417. The highest BCUT2D eigenvalue weighted by Gasteiger charge is 2.29. The van der Waals surface area contributed by atoms with Crippen LogP contribution in [0, 0.1) is 12.3 Å². The van der Waals surface area contributed by atoms with Crippen LogP contribution in [-0.4, -0.2) is 37.2 Å². The predicted molar refractivity (Wildman–Crippen MR) is 76.3 cm³/mol. The number of carboxylic acid groups (broad SMARTS) is 1. The van der Waals surface area contributed by atoms with Gasteiger partial charge in [0.05, 0.1) is 17.9 Å². The zero-order valence-corrected chi connectivity index (χ0v) is 12.2. The summed E-state index contributed by atoms with van der Waals surface area (Å²) >= 11 is 0. The lowest BCUT2D eigenvalue weighted by molar-refractivity contribution is -0.136. The molecule has 0 spiro atoms. The van der Waals surface area contributed by atoms with Crippen molar-refractivity contribution in [3.8, 4) is 12.3 Å². The highest BCUT2D eigenvalue weighted by atomic mass is 32.2. The molecule has 7 heteroatoms. The fraction of sp³-hybridized carbons (Fsp3) is 0.286.